The zero-order valence-electron chi connectivity index (χ0n) is 6.50. The summed E-state index contributed by atoms with van der Waals surface area (Å²) in [5.41, 5.74) is 6.23. The smallest absolute Gasteiger partial charge is 0.116 e. The van der Waals surface area contributed by atoms with Crippen molar-refractivity contribution < 1.29 is 5.11 Å². The van der Waals surface area contributed by atoms with Gasteiger partial charge in [0.25, 0.3) is 0 Å². The lowest BCUT2D eigenvalue weighted by atomic mass is 10.2. The van der Waals surface area contributed by atoms with Crippen molar-refractivity contribution in [1.29, 1.82) is 0 Å². The van der Waals surface area contributed by atoms with Crippen molar-refractivity contribution in [3.8, 4) is 5.75 Å². The van der Waals surface area contributed by atoms with Gasteiger partial charge in [-0.3, -0.25) is 0 Å². The van der Waals surface area contributed by atoms with Crippen LogP contribution in [-0.4, -0.2) is 11.7 Å². The van der Waals surface area contributed by atoms with E-state index in [1.165, 1.54) is 0 Å². The summed E-state index contributed by atoms with van der Waals surface area (Å²) in [6.07, 6.45) is 3.70. The average Bonchev–Trinajstić information content (AvgIpc) is 2.07. The quantitative estimate of drug-likeness (QED) is 0.814. The molecule has 0 amide bonds. The maximum atomic E-state index is 9.15. The van der Waals surface area contributed by atoms with E-state index in [-0.39, 0.29) is 5.75 Å². The first kappa shape index (κ1) is 9.29. The zero-order valence-corrected chi connectivity index (χ0v) is 8.08. The van der Waals surface area contributed by atoms with E-state index in [4.69, 9.17) is 10.8 Å². The molecule has 3 N–H and O–H groups in total. The summed E-state index contributed by atoms with van der Waals surface area (Å²) >= 11 is 3.36. The predicted octanol–water partition coefficient (Wildman–Crippen LogP) is 2.13. The van der Waals surface area contributed by atoms with E-state index in [2.05, 4.69) is 15.9 Å². The molecule has 2 nitrogen and oxygen atoms in total. The van der Waals surface area contributed by atoms with Crippen molar-refractivity contribution >= 4 is 22.0 Å². The zero-order chi connectivity index (χ0) is 8.97. The van der Waals surface area contributed by atoms with Gasteiger partial charge in [0.1, 0.15) is 5.75 Å². The normalized spacial score (nSPS) is 10.8. The summed E-state index contributed by atoms with van der Waals surface area (Å²) in [6, 6.07) is 5.10. The number of hydrogen-bond donors (Lipinski definition) is 2. The van der Waals surface area contributed by atoms with Gasteiger partial charge in [-0.05, 0) is 23.8 Å². The third-order valence-corrected chi connectivity index (χ3v) is 2.14. The molecule has 0 fully saturated rings. The number of hydrogen-bond acceptors (Lipinski definition) is 2. The van der Waals surface area contributed by atoms with Crippen molar-refractivity contribution in [3.05, 3.63) is 34.3 Å². The first-order chi connectivity index (χ1) is 5.74. The maximum absolute atomic E-state index is 9.15. The van der Waals surface area contributed by atoms with Gasteiger partial charge in [0, 0.05) is 11.0 Å². The van der Waals surface area contributed by atoms with Crippen LogP contribution in [0.15, 0.2) is 28.7 Å². The Morgan fingerprint density at radius 1 is 1.50 bits per heavy atom. The number of aromatic hydroxyl groups is 1. The molecule has 0 saturated carbocycles. The molecule has 64 valence electrons. The summed E-state index contributed by atoms with van der Waals surface area (Å²) in [5, 5.41) is 9.15. The van der Waals surface area contributed by atoms with Crippen molar-refractivity contribution in [3.63, 3.8) is 0 Å². The second kappa shape index (κ2) is 4.28. The Morgan fingerprint density at radius 3 is 2.92 bits per heavy atom. The summed E-state index contributed by atoms with van der Waals surface area (Å²) in [6.45, 7) is 0.502. The lowest BCUT2D eigenvalue weighted by Crippen LogP contribution is -1.92. The number of phenols is 1. The van der Waals surface area contributed by atoms with Crippen molar-refractivity contribution in [2.75, 3.05) is 6.54 Å². The Morgan fingerprint density at radius 2 is 2.25 bits per heavy atom. The van der Waals surface area contributed by atoms with E-state index in [1.807, 2.05) is 12.2 Å². The fraction of sp³-hybridized carbons (Fsp3) is 0.111. The fourth-order valence-electron chi connectivity index (χ4n) is 0.854. The van der Waals surface area contributed by atoms with Gasteiger partial charge < -0.3 is 10.8 Å². The fourth-order valence-corrected chi connectivity index (χ4v) is 1.23. The molecule has 0 heterocycles. The molecular formula is C9H10BrNO. The third kappa shape index (κ3) is 2.36. The van der Waals surface area contributed by atoms with Crippen LogP contribution in [-0.2, 0) is 0 Å². The average molecular weight is 228 g/mol. The van der Waals surface area contributed by atoms with Gasteiger partial charge in [-0.1, -0.05) is 28.1 Å². The largest absolute Gasteiger partial charge is 0.508 e. The van der Waals surface area contributed by atoms with E-state index < -0.39 is 0 Å². The topological polar surface area (TPSA) is 46.2 Å². The molecule has 0 aliphatic carbocycles. The molecular weight excluding hydrogens is 218 g/mol. The first-order valence-corrected chi connectivity index (χ1v) is 4.38. The van der Waals surface area contributed by atoms with Crippen LogP contribution >= 0.6 is 15.9 Å². The van der Waals surface area contributed by atoms with Crippen molar-refractivity contribution in [2.24, 2.45) is 5.73 Å². The summed E-state index contributed by atoms with van der Waals surface area (Å²) < 4.78 is 0.949. The van der Waals surface area contributed by atoms with Gasteiger partial charge in [0.05, 0.1) is 0 Å². The minimum Gasteiger partial charge on any atom is -0.508 e. The van der Waals surface area contributed by atoms with Gasteiger partial charge in [0.2, 0.25) is 0 Å². The molecule has 1 aromatic carbocycles. The molecule has 0 atom stereocenters. The Labute approximate surface area is 79.8 Å². The maximum Gasteiger partial charge on any atom is 0.116 e. The molecule has 0 radical (unpaired) electrons. The summed E-state index contributed by atoms with van der Waals surface area (Å²) in [4.78, 5) is 0. The minimum absolute atomic E-state index is 0.259. The molecule has 0 aromatic heterocycles. The Hall–Kier alpha value is -0.800. The van der Waals surface area contributed by atoms with Gasteiger partial charge in [-0.15, -0.1) is 0 Å². The van der Waals surface area contributed by atoms with Crippen LogP contribution in [0.3, 0.4) is 0 Å². The monoisotopic (exact) mass is 227 g/mol. The molecule has 0 bridgehead atoms. The lowest BCUT2D eigenvalue weighted by Gasteiger charge is -1.98. The second-order valence-corrected chi connectivity index (χ2v) is 3.20. The van der Waals surface area contributed by atoms with Crippen molar-refractivity contribution in [1.82, 2.24) is 0 Å². The van der Waals surface area contributed by atoms with Gasteiger partial charge in [0.15, 0.2) is 0 Å². The number of rotatable bonds is 2. The highest BCUT2D eigenvalue weighted by Gasteiger charge is 1.95. The molecule has 0 saturated heterocycles. The summed E-state index contributed by atoms with van der Waals surface area (Å²) in [7, 11) is 0. The molecule has 0 spiro atoms. The van der Waals surface area contributed by atoms with Crippen LogP contribution in [0.25, 0.3) is 6.08 Å². The SMILES string of the molecule is NCC=Cc1cc(O)ccc1Br. The van der Waals surface area contributed by atoms with Crippen LogP contribution in [0.4, 0.5) is 0 Å². The predicted molar refractivity (Wildman–Crippen MR) is 53.9 cm³/mol. The number of nitrogens with two attached hydrogens (primary N) is 1. The van der Waals surface area contributed by atoms with E-state index >= 15 is 0 Å². The molecule has 3 heteroatoms. The van der Waals surface area contributed by atoms with E-state index in [1.54, 1.807) is 18.2 Å². The minimum atomic E-state index is 0.259. The van der Waals surface area contributed by atoms with E-state index in [0.717, 1.165) is 10.0 Å². The second-order valence-electron chi connectivity index (χ2n) is 2.34. The van der Waals surface area contributed by atoms with Gasteiger partial charge >= 0.3 is 0 Å². The molecule has 1 rings (SSSR count). The molecule has 0 aliphatic rings. The van der Waals surface area contributed by atoms with Gasteiger partial charge in [-0.25, -0.2) is 0 Å². The highest BCUT2D eigenvalue weighted by molar-refractivity contribution is 9.10. The molecule has 12 heavy (non-hydrogen) atoms. The molecule has 0 unspecified atom stereocenters. The first-order valence-electron chi connectivity index (χ1n) is 3.59. The van der Waals surface area contributed by atoms with Crippen molar-refractivity contribution in [2.45, 2.75) is 0 Å². The van der Waals surface area contributed by atoms with Crippen LogP contribution < -0.4 is 5.73 Å². The number of phenolic OH excluding ortho intramolecular Hbond substituents is 1. The highest BCUT2D eigenvalue weighted by Crippen LogP contribution is 2.22. The molecule has 1 aromatic rings. The molecule has 0 aliphatic heterocycles. The Kier molecular flexibility index (Phi) is 3.31. The van der Waals surface area contributed by atoms with Crippen LogP contribution in [0.5, 0.6) is 5.75 Å². The van der Waals surface area contributed by atoms with Crippen LogP contribution in [0, 0.1) is 0 Å². The van der Waals surface area contributed by atoms with Crippen LogP contribution in [0.2, 0.25) is 0 Å². The Bertz CT molecular complexity index is 297. The lowest BCUT2D eigenvalue weighted by molar-refractivity contribution is 0.475. The summed E-state index contributed by atoms with van der Waals surface area (Å²) in [5.74, 6) is 0.259. The third-order valence-electron chi connectivity index (χ3n) is 1.41. The number of benzene rings is 1. The van der Waals surface area contributed by atoms with Crippen LogP contribution in [0.1, 0.15) is 5.56 Å². The van der Waals surface area contributed by atoms with E-state index in [0.29, 0.717) is 6.54 Å². The highest BCUT2D eigenvalue weighted by atomic mass is 79.9. The standard InChI is InChI=1S/C9H10BrNO/c10-9-4-3-8(12)6-7(9)2-1-5-11/h1-4,6,12H,5,11H2. The number of halogens is 1. The van der Waals surface area contributed by atoms with Gasteiger partial charge in [-0.2, -0.15) is 0 Å². The Balaban J connectivity index is 2.97. The van der Waals surface area contributed by atoms with E-state index in [9.17, 15) is 0 Å².